The Balaban J connectivity index is 0.000000123. The Morgan fingerprint density at radius 3 is 0.621 bits per heavy atom. The largest absolute Gasteiger partial charge is 0.265 e. The summed E-state index contributed by atoms with van der Waals surface area (Å²) in [5.74, 6) is 0. The maximum absolute atomic E-state index is 5.39. The van der Waals surface area contributed by atoms with Crippen LogP contribution in [-0.2, 0) is 21.7 Å². The predicted octanol–water partition coefficient (Wildman–Crippen LogP) is 30.5. The summed E-state index contributed by atoms with van der Waals surface area (Å²) in [7, 11) is 0. The first kappa shape index (κ1) is 88.6. The lowest BCUT2D eigenvalue weighted by Gasteiger charge is -2.26. The molecule has 8 aromatic heterocycles. The molecule has 8 heterocycles. The molecule has 0 spiro atoms. The number of nitrogens with zero attached hydrogens (tertiary/aromatic N) is 12. The van der Waals surface area contributed by atoms with Crippen molar-refractivity contribution in [3.63, 3.8) is 0 Å². The van der Waals surface area contributed by atoms with Crippen molar-refractivity contribution < 1.29 is 0 Å². The van der Waals surface area contributed by atoms with E-state index in [4.69, 9.17) is 39.9 Å². The average molecular weight is 1720 g/mol. The maximum Gasteiger partial charge on any atom is 0.0973 e. The molecule has 0 aliphatic rings. The van der Waals surface area contributed by atoms with E-state index in [1.54, 1.807) is 12.4 Å². The summed E-state index contributed by atoms with van der Waals surface area (Å²) in [6.45, 7) is 35.3. The molecule has 0 amide bonds. The zero-order valence-electron chi connectivity index (χ0n) is 78.0. The molecule has 132 heavy (non-hydrogen) atoms. The van der Waals surface area contributed by atoms with Crippen molar-refractivity contribution in [1.82, 2.24) is 59.8 Å². The second-order valence-electron chi connectivity index (χ2n) is 37.9. The van der Waals surface area contributed by atoms with Crippen molar-refractivity contribution in [3.05, 3.63) is 409 Å². The molecule has 0 saturated carbocycles. The van der Waals surface area contributed by atoms with Gasteiger partial charge in [0.05, 0.1) is 95.4 Å². The van der Waals surface area contributed by atoms with E-state index in [1.807, 2.05) is 122 Å². The van der Waals surface area contributed by atoms with Crippen LogP contribution >= 0.6 is 0 Å². The van der Waals surface area contributed by atoms with Gasteiger partial charge in [-0.1, -0.05) is 368 Å². The summed E-state index contributed by atoms with van der Waals surface area (Å²) >= 11 is 0. The highest BCUT2D eigenvalue weighted by atomic mass is 14.9. The lowest BCUT2D eigenvalue weighted by Crippen LogP contribution is -2.17. The van der Waals surface area contributed by atoms with Gasteiger partial charge < -0.3 is 0 Å². The SMILES string of the molecule is CC(C)(C)c1ccc(C(C)(C)C)c2nc(-c3ccc(-c4ccccn4)cc3)c(-c3ccccc3)nc12.CC(C)(C)c1ccc(C(C)(C)C)c2nc(-c3ccc(-c4cccnc4)cc3)c(-c3ccccc3)nc12.Cc1ccc(C)c2nc(-c3ccc(-c4cccnc4)cc3)c(-c3ccccc3)nc12.Cc1ccc(C)c2nc(-c3ccc(-c4ccncc4)cc3)c(-c3ccccc3)nc12. The summed E-state index contributed by atoms with van der Waals surface area (Å²) in [5, 5.41) is 0. The molecule has 12 heteroatoms. The molecule has 20 aromatic rings. The molecule has 0 radical (unpaired) electrons. The first-order chi connectivity index (χ1) is 63.7. The maximum atomic E-state index is 5.39. The molecule has 0 aliphatic carbocycles. The third-order valence-electron chi connectivity index (χ3n) is 24.1. The molecule has 0 bridgehead atoms. The summed E-state index contributed by atoms with van der Waals surface area (Å²) in [4.78, 5) is 59.0. The minimum absolute atomic E-state index is 0.0514. The standard InChI is InChI=1S/2C33H33N3.2C27H21N3/c1-32(2,3)25-19-20-26(33(4,5)6)31-30(25)35-28(23-12-8-7-9-13-23)29(36-31)24-17-15-22(16-18-24)27-14-10-11-21-34-27;1-32(2,3)26-18-19-27(33(4,5)6)31-30(26)35-28(23-11-8-7-9-12-23)29(36-31)24-16-14-22(15-17-24)25-13-10-20-34-21-25;1-18-10-11-19(2)25-24(18)29-26(21-7-4-3-5-8-21)27(30-25)22-14-12-20(13-15-22)23-9-6-16-28-17-23;1-18-8-9-19(2)25-24(18)29-26(22-6-4-3-5-7-22)27(30-25)23-12-10-20(11-13-23)21-14-16-28-17-15-21/h2*7-21H,1-6H3;2*3-17H,1-2H3. The van der Waals surface area contributed by atoms with Crippen LogP contribution in [0.25, 0.3) is 179 Å². The van der Waals surface area contributed by atoms with Crippen molar-refractivity contribution in [2.45, 2.75) is 132 Å². The van der Waals surface area contributed by atoms with Gasteiger partial charge in [-0.15, -0.1) is 0 Å². The molecule has 0 N–H and O–H groups in total. The topological polar surface area (TPSA) is 155 Å². The molecule has 0 atom stereocenters. The Bertz CT molecular complexity index is 7020. The number of aromatic nitrogens is 12. The van der Waals surface area contributed by atoms with E-state index in [-0.39, 0.29) is 21.7 Å². The summed E-state index contributed by atoms with van der Waals surface area (Å²) in [6, 6.07) is 111. The summed E-state index contributed by atoms with van der Waals surface area (Å²) < 4.78 is 0. The Hall–Kier alpha value is -15.4. The van der Waals surface area contributed by atoms with Crippen molar-refractivity contribution >= 4 is 44.1 Å². The van der Waals surface area contributed by atoms with Gasteiger partial charge in [-0.05, 0) is 164 Å². The fraction of sp³-hybridized carbons (Fsp3) is 0.167. The Morgan fingerprint density at radius 1 is 0.159 bits per heavy atom. The lowest BCUT2D eigenvalue weighted by atomic mass is 9.80. The number of hydrogen-bond donors (Lipinski definition) is 0. The molecular formula is C120H108N12. The number of aryl methyl sites for hydroxylation is 4. The molecule has 20 rings (SSSR count). The second kappa shape index (κ2) is 37.7. The van der Waals surface area contributed by atoms with Crippen LogP contribution in [0.1, 0.15) is 128 Å². The summed E-state index contributed by atoms with van der Waals surface area (Å²) in [5.41, 5.74) is 41.5. The quantitative estimate of drug-likeness (QED) is 0.114. The number of pyridine rings is 4. The van der Waals surface area contributed by atoms with Gasteiger partial charge in [-0.2, -0.15) is 0 Å². The fourth-order valence-electron chi connectivity index (χ4n) is 16.9. The van der Waals surface area contributed by atoms with Crippen LogP contribution in [0.2, 0.25) is 0 Å². The van der Waals surface area contributed by atoms with E-state index < -0.39 is 0 Å². The molecule has 0 fully saturated rings. The van der Waals surface area contributed by atoms with Gasteiger partial charge in [0.15, 0.2) is 0 Å². The third kappa shape index (κ3) is 19.3. The van der Waals surface area contributed by atoms with Gasteiger partial charge in [0, 0.05) is 93.4 Å². The van der Waals surface area contributed by atoms with E-state index in [0.29, 0.717) is 0 Å². The van der Waals surface area contributed by atoms with Crippen molar-refractivity contribution in [2.24, 2.45) is 0 Å². The van der Waals surface area contributed by atoms with E-state index in [2.05, 4.69) is 361 Å². The highest BCUT2D eigenvalue weighted by molar-refractivity contribution is 5.95. The zero-order valence-corrected chi connectivity index (χ0v) is 78.0. The van der Waals surface area contributed by atoms with E-state index in [9.17, 15) is 0 Å². The number of fused-ring (bicyclic) bond motifs is 4. The van der Waals surface area contributed by atoms with Crippen LogP contribution in [0.3, 0.4) is 0 Å². The average Bonchev–Trinajstić information content (AvgIpc) is 1.70. The molecule has 12 nitrogen and oxygen atoms in total. The van der Waals surface area contributed by atoms with E-state index >= 15 is 0 Å². The predicted molar refractivity (Wildman–Crippen MR) is 548 cm³/mol. The highest BCUT2D eigenvalue weighted by Gasteiger charge is 2.30. The second-order valence-corrected chi connectivity index (χ2v) is 37.9. The van der Waals surface area contributed by atoms with Gasteiger partial charge in [-0.25, -0.2) is 39.9 Å². The summed E-state index contributed by atoms with van der Waals surface area (Å²) in [6.07, 6.45) is 12.8. The molecule has 0 aliphatic heterocycles. The minimum Gasteiger partial charge on any atom is -0.265 e. The van der Waals surface area contributed by atoms with Crippen LogP contribution < -0.4 is 0 Å². The fourth-order valence-corrected chi connectivity index (χ4v) is 16.9. The Morgan fingerprint density at radius 2 is 0.379 bits per heavy atom. The number of rotatable bonds is 12. The molecule has 0 unspecified atom stereocenters. The highest BCUT2D eigenvalue weighted by Crippen LogP contribution is 2.44. The first-order valence-electron chi connectivity index (χ1n) is 45.2. The van der Waals surface area contributed by atoms with Gasteiger partial charge >= 0.3 is 0 Å². The Labute approximate surface area is 775 Å². The van der Waals surface area contributed by atoms with Crippen LogP contribution in [0, 0.1) is 27.7 Å². The third-order valence-corrected chi connectivity index (χ3v) is 24.1. The van der Waals surface area contributed by atoms with E-state index in [0.717, 1.165) is 201 Å². The molecule has 12 aromatic carbocycles. The monoisotopic (exact) mass is 1720 g/mol. The van der Waals surface area contributed by atoms with Crippen LogP contribution in [-0.4, -0.2) is 59.8 Å². The van der Waals surface area contributed by atoms with Crippen molar-refractivity contribution in [1.29, 1.82) is 0 Å². The van der Waals surface area contributed by atoms with Crippen LogP contribution in [0.5, 0.6) is 0 Å². The lowest BCUT2D eigenvalue weighted by molar-refractivity contribution is 0.583. The van der Waals surface area contributed by atoms with Gasteiger partial charge in [0.25, 0.3) is 0 Å². The normalized spacial score (nSPS) is 11.6. The smallest absolute Gasteiger partial charge is 0.0973 e. The van der Waals surface area contributed by atoms with Gasteiger partial charge in [0.1, 0.15) is 0 Å². The zero-order chi connectivity index (χ0) is 92.0. The Kier molecular flexibility index (Phi) is 25.3. The minimum atomic E-state index is -0.0578. The molecular weight excluding hydrogens is 1610 g/mol. The number of hydrogen-bond acceptors (Lipinski definition) is 12. The van der Waals surface area contributed by atoms with Crippen molar-refractivity contribution in [3.8, 4) is 135 Å². The van der Waals surface area contributed by atoms with Crippen LogP contribution in [0.4, 0.5) is 0 Å². The molecule has 648 valence electrons. The van der Waals surface area contributed by atoms with Crippen molar-refractivity contribution in [2.75, 3.05) is 0 Å². The van der Waals surface area contributed by atoms with Gasteiger partial charge in [-0.3, -0.25) is 19.9 Å². The first-order valence-corrected chi connectivity index (χ1v) is 45.2. The van der Waals surface area contributed by atoms with Gasteiger partial charge in [0.2, 0.25) is 0 Å². The van der Waals surface area contributed by atoms with Crippen LogP contribution in [0.15, 0.2) is 365 Å². The number of benzene rings is 12. The molecule has 0 saturated heterocycles. The van der Waals surface area contributed by atoms with E-state index in [1.165, 1.54) is 22.3 Å².